The number of allylic oxidation sites excluding steroid dienone is 2. The first-order chi connectivity index (χ1) is 16.5. The number of ketones is 1. The molecule has 0 amide bonds. The van der Waals surface area contributed by atoms with Gasteiger partial charge in [-0.2, -0.15) is 0 Å². The number of para-hydroxylation sites is 1. The van der Waals surface area contributed by atoms with Gasteiger partial charge in [0.15, 0.2) is 5.78 Å². The number of benzene rings is 3. The fourth-order valence-electron chi connectivity index (χ4n) is 3.93. The molecular weight excluding hydrogens is 448 g/mol. The smallest absolute Gasteiger partial charge is 0.303 e. The van der Waals surface area contributed by atoms with Crippen molar-refractivity contribution in [1.29, 1.82) is 0 Å². The van der Waals surface area contributed by atoms with E-state index in [1.54, 1.807) is 19.3 Å². The zero-order valence-electron chi connectivity index (χ0n) is 19.0. The first-order valence-corrected chi connectivity index (χ1v) is 11.4. The fourth-order valence-corrected chi connectivity index (χ4v) is 4.13. The highest BCUT2D eigenvalue weighted by Crippen LogP contribution is 2.36. The quantitative estimate of drug-likeness (QED) is 0.309. The number of rotatable bonds is 11. The molecule has 0 saturated carbocycles. The normalized spacial score (nSPS) is 13.1. The highest BCUT2D eigenvalue weighted by molar-refractivity contribution is 6.32. The molecule has 0 bridgehead atoms. The zero-order chi connectivity index (χ0) is 24.4. The molecule has 3 rings (SSSR count). The summed E-state index contributed by atoms with van der Waals surface area (Å²) >= 11 is 6.28. The Kier molecular flexibility index (Phi) is 8.83. The summed E-state index contributed by atoms with van der Waals surface area (Å²) in [5.74, 6) is -0.465. The number of ether oxygens (including phenoxy) is 1. The van der Waals surface area contributed by atoms with Gasteiger partial charge >= 0.3 is 5.97 Å². The topological polar surface area (TPSA) is 63.6 Å². The molecule has 4 nitrogen and oxygen atoms in total. The Morgan fingerprint density at radius 2 is 1.56 bits per heavy atom. The number of carboxylic acid groups (broad SMARTS) is 1. The summed E-state index contributed by atoms with van der Waals surface area (Å²) in [6.45, 7) is 0. The van der Waals surface area contributed by atoms with E-state index in [0.29, 0.717) is 17.2 Å². The van der Waals surface area contributed by atoms with Crippen LogP contribution in [0, 0.1) is 0 Å². The van der Waals surface area contributed by atoms with Gasteiger partial charge in [0.05, 0.1) is 12.5 Å². The molecule has 0 aliphatic rings. The fraction of sp³-hybridized carbons (Fsp3) is 0.172. The van der Waals surface area contributed by atoms with E-state index in [1.165, 1.54) is 6.08 Å². The summed E-state index contributed by atoms with van der Waals surface area (Å²) in [5.41, 5.74) is 1.33. The van der Waals surface area contributed by atoms with Crippen LogP contribution in [-0.2, 0) is 15.0 Å². The summed E-state index contributed by atoms with van der Waals surface area (Å²) in [6.07, 6.45) is 7.36. The van der Waals surface area contributed by atoms with E-state index < -0.39 is 11.4 Å². The van der Waals surface area contributed by atoms with Gasteiger partial charge in [0.2, 0.25) is 0 Å². The number of aliphatic carboxylic acids is 1. The molecule has 3 aromatic carbocycles. The van der Waals surface area contributed by atoms with E-state index in [1.807, 2.05) is 84.9 Å². The van der Waals surface area contributed by atoms with Crippen LogP contribution >= 0.6 is 11.6 Å². The number of carbonyl (C=O) groups excluding carboxylic acids is 1. The Hall–Kier alpha value is -3.63. The van der Waals surface area contributed by atoms with Gasteiger partial charge < -0.3 is 9.84 Å². The Bertz CT molecular complexity index is 1180. The van der Waals surface area contributed by atoms with E-state index in [9.17, 15) is 14.7 Å². The molecule has 0 aliphatic heterocycles. The average Bonchev–Trinajstić information content (AvgIpc) is 2.86. The SMILES string of the molecule is COc1ccccc1C=CC(=O)C(CC=Cc1ccccc1Cl)(CCC(=O)O)c1ccccc1. The standard InChI is InChI=1S/C29H27ClO4/c1-34-26-16-8-6-11-23(26)17-18-27(31)29(21-19-28(32)33,24-13-3-2-4-14-24)20-9-12-22-10-5-7-15-25(22)30/h2-18H,19-21H2,1H3,(H,32,33). The maximum atomic E-state index is 13.8. The van der Waals surface area contributed by atoms with Gasteiger partial charge in [-0.05, 0) is 48.3 Å². The monoisotopic (exact) mass is 474 g/mol. The van der Waals surface area contributed by atoms with Crippen LogP contribution in [0.1, 0.15) is 36.0 Å². The molecule has 0 spiro atoms. The molecule has 174 valence electrons. The third-order valence-corrected chi connectivity index (χ3v) is 6.13. The Balaban J connectivity index is 2.02. The molecule has 0 radical (unpaired) electrons. The second-order valence-electron chi connectivity index (χ2n) is 7.91. The van der Waals surface area contributed by atoms with Gasteiger partial charge in [-0.15, -0.1) is 0 Å². The van der Waals surface area contributed by atoms with Gasteiger partial charge in [-0.1, -0.05) is 90.5 Å². The van der Waals surface area contributed by atoms with Gasteiger partial charge in [0, 0.05) is 17.0 Å². The Morgan fingerprint density at radius 3 is 2.24 bits per heavy atom. The molecule has 34 heavy (non-hydrogen) atoms. The van der Waals surface area contributed by atoms with E-state index in [-0.39, 0.29) is 18.6 Å². The summed E-state index contributed by atoms with van der Waals surface area (Å²) < 4.78 is 5.39. The van der Waals surface area contributed by atoms with Crippen LogP contribution in [0.4, 0.5) is 0 Å². The van der Waals surface area contributed by atoms with Crippen molar-refractivity contribution in [2.24, 2.45) is 0 Å². The van der Waals surface area contributed by atoms with Crippen molar-refractivity contribution >= 4 is 35.5 Å². The largest absolute Gasteiger partial charge is 0.496 e. The molecule has 0 heterocycles. The van der Waals surface area contributed by atoms with Gasteiger partial charge in [-0.3, -0.25) is 9.59 Å². The minimum atomic E-state index is -1.05. The lowest BCUT2D eigenvalue weighted by Gasteiger charge is -2.31. The highest BCUT2D eigenvalue weighted by Gasteiger charge is 2.37. The maximum absolute atomic E-state index is 13.8. The van der Waals surface area contributed by atoms with Crippen molar-refractivity contribution in [2.75, 3.05) is 7.11 Å². The molecule has 0 saturated heterocycles. The van der Waals surface area contributed by atoms with Crippen LogP contribution in [0.5, 0.6) is 5.75 Å². The van der Waals surface area contributed by atoms with E-state index in [0.717, 1.165) is 16.7 Å². The van der Waals surface area contributed by atoms with Crippen LogP contribution in [0.15, 0.2) is 91.0 Å². The minimum Gasteiger partial charge on any atom is -0.496 e. The zero-order valence-corrected chi connectivity index (χ0v) is 19.7. The lowest BCUT2D eigenvalue weighted by atomic mass is 9.70. The lowest BCUT2D eigenvalue weighted by Crippen LogP contribution is -2.35. The van der Waals surface area contributed by atoms with E-state index in [2.05, 4.69) is 0 Å². The molecule has 0 aromatic heterocycles. The summed E-state index contributed by atoms with van der Waals surface area (Å²) in [7, 11) is 1.58. The van der Waals surface area contributed by atoms with Crippen molar-refractivity contribution < 1.29 is 19.4 Å². The van der Waals surface area contributed by atoms with Crippen molar-refractivity contribution in [3.63, 3.8) is 0 Å². The van der Waals surface area contributed by atoms with Crippen molar-refractivity contribution in [2.45, 2.75) is 24.7 Å². The number of carboxylic acids is 1. The molecule has 0 aliphatic carbocycles. The van der Waals surface area contributed by atoms with Crippen LogP contribution in [-0.4, -0.2) is 24.0 Å². The molecule has 1 unspecified atom stereocenters. The third kappa shape index (κ3) is 6.24. The first-order valence-electron chi connectivity index (χ1n) is 11.0. The minimum absolute atomic E-state index is 0.136. The van der Waals surface area contributed by atoms with Crippen LogP contribution in [0.25, 0.3) is 12.2 Å². The third-order valence-electron chi connectivity index (χ3n) is 5.79. The number of hydrogen-bond donors (Lipinski definition) is 1. The van der Waals surface area contributed by atoms with E-state index >= 15 is 0 Å². The molecule has 5 heteroatoms. The van der Waals surface area contributed by atoms with Gasteiger partial charge in [0.25, 0.3) is 0 Å². The highest BCUT2D eigenvalue weighted by atomic mass is 35.5. The summed E-state index contributed by atoms with van der Waals surface area (Å²) in [6, 6.07) is 24.2. The summed E-state index contributed by atoms with van der Waals surface area (Å²) in [4.78, 5) is 25.3. The lowest BCUT2D eigenvalue weighted by molar-refractivity contribution is -0.137. The second kappa shape index (κ2) is 12.0. The van der Waals surface area contributed by atoms with Gasteiger partial charge in [-0.25, -0.2) is 0 Å². The molecule has 3 aromatic rings. The average molecular weight is 475 g/mol. The maximum Gasteiger partial charge on any atom is 0.303 e. The first kappa shape index (κ1) is 25.0. The van der Waals surface area contributed by atoms with Crippen LogP contribution in [0.2, 0.25) is 5.02 Å². The van der Waals surface area contributed by atoms with Crippen molar-refractivity contribution in [3.05, 3.63) is 113 Å². The predicted molar refractivity (Wildman–Crippen MR) is 137 cm³/mol. The molecule has 0 fully saturated rings. The second-order valence-corrected chi connectivity index (χ2v) is 8.32. The number of halogens is 1. The van der Waals surface area contributed by atoms with E-state index in [4.69, 9.17) is 16.3 Å². The number of methoxy groups -OCH3 is 1. The van der Waals surface area contributed by atoms with Crippen molar-refractivity contribution in [3.8, 4) is 5.75 Å². The van der Waals surface area contributed by atoms with Gasteiger partial charge in [0.1, 0.15) is 5.75 Å². The molecule has 1 atom stereocenters. The Morgan fingerprint density at radius 1 is 0.912 bits per heavy atom. The molecule has 1 N–H and O–H groups in total. The predicted octanol–water partition coefficient (Wildman–Crippen LogP) is 6.84. The van der Waals surface area contributed by atoms with Crippen LogP contribution in [0.3, 0.4) is 0 Å². The summed E-state index contributed by atoms with van der Waals surface area (Å²) in [5, 5.41) is 10.0. The van der Waals surface area contributed by atoms with Crippen LogP contribution < -0.4 is 4.74 Å². The Labute approximate surface area is 205 Å². The molecular formula is C29H27ClO4. The van der Waals surface area contributed by atoms with Crippen molar-refractivity contribution in [1.82, 2.24) is 0 Å². The number of carbonyl (C=O) groups is 2. The number of hydrogen-bond acceptors (Lipinski definition) is 3.